The Morgan fingerprint density at radius 1 is 1.41 bits per heavy atom. The van der Waals surface area contributed by atoms with Gasteiger partial charge in [-0.25, -0.2) is 4.79 Å². The predicted octanol–water partition coefficient (Wildman–Crippen LogP) is 1.50. The summed E-state index contributed by atoms with van der Waals surface area (Å²) in [5.74, 6) is 0. The Hall–Kier alpha value is -1.62. The van der Waals surface area contributed by atoms with Crippen LogP contribution < -0.4 is 11.1 Å². The van der Waals surface area contributed by atoms with Crippen molar-refractivity contribution in [2.24, 2.45) is 5.73 Å². The van der Waals surface area contributed by atoms with Crippen molar-refractivity contribution < 1.29 is 4.79 Å². The number of nitrogens with zero attached hydrogens (tertiary/aromatic N) is 1. The molecule has 0 unspecified atom stereocenters. The maximum absolute atomic E-state index is 11.7. The van der Waals surface area contributed by atoms with Crippen LogP contribution in [0.1, 0.15) is 12.0 Å². The maximum Gasteiger partial charge on any atom is 0.317 e. The molecule has 0 bridgehead atoms. The minimum absolute atomic E-state index is 0.120. The van der Waals surface area contributed by atoms with Crippen LogP contribution in [0, 0.1) is 0 Å². The molecular formula is C12H17N3OS. The van der Waals surface area contributed by atoms with Crippen LogP contribution >= 0.6 is 12.2 Å². The molecule has 0 heterocycles. The molecule has 3 N–H and O–H groups in total. The monoisotopic (exact) mass is 251 g/mol. The first-order chi connectivity index (χ1) is 8.09. The lowest BCUT2D eigenvalue weighted by Gasteiger charge is -2.17. The Balaban J connectivity index is 2.32. The molecule has 1 aromatic rings. The molecule has 4 nitrogen and oxygen atoms in total. The molecule has 0 fully saturated rings. The van der Waals surface area contributed by atoms with Gasteiger partial charge in [-0.2, -0.15) is 0 Å². The van der Waals surface area contributed by atoms with E-state index in [4.69, 9.17) is 18.0 Å². The van der Waals surface area contributed by atoms with Crippen LogP contribution in [-0.2, 0) is 6.54 Å². The zero-order chi connectivity index (χ0) is 12.7. The van der Waals surface area contributed by atoms with Gasteiger partial charge in [0.15, 0.2) is 0 Å². The Labute approximate surface area is 107 Å². The van der Waals surface area contributed by atoms with E-state index in [0.29, 0.717) is 24.5 Å². The number of thiocarbonyl (C=S) groups is 1. The fraction of sp³-hybridized carbons (Fsp3) is 0.333. The van der Waals surface area contributed by atoms with Crippen molar-refractivity contribution in [2.75, 3.05) is 13.6 Å². The second-order valence-corrected chi connectivity index (χ2v) is 4.31. The molecule has 17 heavy (non-hydrogen) atoms. The quantitative estimate of drug-likeness (QED) is 0.780. The SMILES string of the molecule is CN(CCC(N)=S)C(=O)NCc1ccccc1. The lowest BCUT2D eigenvalue weighted by molar-refractivity contribution is 0.209. The average molecular weight is 251 g/mol. The van der Waals surface area contributed by atoms with Gasteiger partial charge in [0.1, 0.15) is 0 Å². The number of amides is 2. The minimum Gasteiger partial charge on any atom is -0.393 e. The number of rotatable bonds is 5. The molecule has 5 heteroatoms. The molecular weight excluding hydrogens is 234 g/mol. The molecule has 0 radical (unpaired) electrons. The number of hydrogen-bond donors (Lipinski definition) is 2. The van der Waals surface area contributed by atoms with Crippen molar-refractivity contribution >= 4 is 23.2 Å². The first kappa shape index (κ1) is 13.4. The van der Waals surface area contributed by atoms with E-state index in [1.807, 2.05) is 30.3 Å². The van der Waals surface area contributed by atoms with Crippen molar-refractivity contribution in [1.29, 1.82) is 0 Å². The van der Waals surface area contributed by atoms with Crippen molar-refractivity contribution in [3.05, 3.63) is 35.9 Å². The highest BCUT2D eigenvalue weighted by Gasteiger charge is 2.07. The summed E-state index contributed by atoms with van der Waals surface area (Å²) < 4.78 is 0. The number of nitrogens with one attached hydrogen (secondary N) is 1. The van der Waals surface area contributed by atoms with Crippen LogP contribution in [0.3, 0.4) is 0 Å². The number of benzene rings is 1. The number of nitrogens with two attached hydrogens (primary N) is 1. The standard InChI is InChI=1S/C12H17N3OS/c1-15(8-7-11(13)17)12(16)14-9-10-5-3-2-4-6-10/h2-6H,7-9H2,1H3,(H2,13,17)(H,14,16). The number of urea groups is 1. The summed E-state index contributed by atoms with van der Waals surface area (Å²) in [5, 5.41) is 2.83. The van der Waals surface area contributed by atoms with Crippen LogP contribution in [0.5, 0.6) is 0 Å². The van der Waals surface area contributed by atoms with Crippen LogP contribution in [0.25, 0.3) is 0 Å². The first-order valence-corrected chi connectivity index (χ1v) is 5.81. The lowest BCUT2D eigenvalue weighted by atomic mass is 10.2. The van der Waals surface area contributed by atoms with Crippen LogP contribution in [0.2, 0.25) is 0 Å². The molecule has 0 aliphatic heterocycles. The van der Waals surface area contributed by atoms with E-state index >= 15 is 0 Å². The summed E-state index contributed by atoms with van der Waals surface area (Å²) in [6.07, 6.45) is 0.546. The Kier molecular flexibility index (Phi) is 5.42. The second kappa shape index (κ2) is 6.85. The zero-order valence-electron chi connectivity index (χ0n) is 9.85. The highest BCUT2D eigenvalue weighted by molar-refractivity contribution is 7.80. The summed E-state index contributed by atoms with van der Waals surface area (Å²) in [7, 11) is 1.72. The lowest BCUT2D eigenvalue weighted by Crippen LogP contribution is -2.38. The van der Waals surface area contributed by atoms with E-state index in [2.05, 4.69) is 5.32 Å². The Morgan fingerprint density at radius 3 is 2.65 bits per heavy atom. The first-order valence-electron chi connectivity index (χ1n) is 5.41. The number of carbonyl (C=O) groups is 1. The van der Waals surface area contributed by atoms with E-state index in [9.17, 15) is 4.79 Å². The van der Waals surface area contributed by atoms with Crippen LogP contribution in [0.15, 0.2) is 30.3 Å². The molecule has 0 aromatic heterocycles. The highest BCUT2D eigenvalue weighted by atomic mass is 32.1. The summed E-state index contributed by atoms with van der Waals surface area (Å²) in [6.45, 7) is 1.06. The molecule has 92 valence electrons. The topological polar surface area (TPSA) is 58.4 Å². The molecule has 0 aliphatic carbocycles. The summed E-state index contributed by atoms with van der Waals surface area (Å²) >= 11 is 4.76. The largest absolute Gasteiger partial charge is 0.393 e. The Morgan fingerprint density at radius 2 is 2.06 bits per heavy atom. The third-order valence-corrected chi connectivity index (χ3v) is 2.53. The van der Waals surface area contributed by atoms with Gasteiger partial charge in [0.05, 0.1) is 4.99 Å². The third kappa shape index (κ3) is 5.31. The normalized spacial score (nSPS) is 9.71. The van der Waals surface area contributed by atoms with Gasteiger partial charge in [-0.15, -0.1) is 0 Å². The fourth-order valence-electron chi connectivity index (χ4n) is 1.29. The zero-order valence-corrected chi connectivity index (χ0v) is 10.7. The van der Waals surface area contributed by atoms with Crippen molar-refractivity contribution in [1.82, 2.24) is 10.2 Å². The van der Waals surface area contributed by atoms with E-state index in [-0.39, 0.29) is 6.03 Å². The molecule has 0 saturated carbocycles. The van der Waals surface area contributed by atoms with Gasteiger partial charge in [-0.1, -0.05) is 42.5 Å². The minimum atomic E-state index is -0.120. The van der Waals surface area contributed by atoms with Gasteiger partial charge in [0.25, 0.3) is 0 Å². The molecule has 0 atom stereocenters. The molecule has 0 spiro atoms. The van der Waals surface area contributed by atoms with Gasteiger partial charge in [0, 0.05) is 26.6 Å². The molecule has 0 saturated heterocycles. The van der Waals surface area contributed by atoms with Gasteiger partial charge in [0.2, 0.25) is 0 Å². The fourth-order valence-corrected chi connectivity index (χ4v) is 1.38. The van der Waals surface area contributed by atoms with E-state index < -0.39 is 0 Å². The highest BCUT2D eigenvalue weighted by Crippen LogP contribution is 1.98. The predicted molar refractivity (Wildman–Crippen MR) is 72.7 cm³/mol. The summed E-state index contributed by atoms with van der Waals surface area (Å²) in [6, 6.07) is 9.64. The average Bonchev–Trinajstić information content (AvgIpc) is 2.34. The van der Waals surface area contributed by atoms with E-state index in [0.717, 1.165) is 5.56 Å². The Bertz CT molecular complexity index is 381. The number of hydrogen-bond acceptors (Lipinski definition) is 2. The van der Waals surface area contributed by atoms with Crippen molar-refractivity contribution in [3.63, 3.8) is 0 Å². The van der Waals surface area contributed by atoms with Gasteiger partial charge < -0.3 is 16.0 Å². The third-order valence-electron chi connectivity index (χ3n) is 2.33. The maximum atomic E-state index is 11.7. The number of carbonyl (C=O) groups excluding carboxylic acids is 1. The van der Waals surface area contributed by atoms with Crippen molar-refractivity contribution in [3.8, 4) is 0 Å². The summed E-state index contributed by atoms with van der Waals surface area (Å²) in [5.41, 5.74) is 6.45. The molecule has 0 aliphatic rings. The molecule has 2 amide bonds. The van der Waals surface area contributed by atoms with Crippen LogP contribution in [0.4, 0.5) is 4.79 Å². The second-order valence-electron chi connectivity index (χ2n) is 3.78. The molecule has 1 aromatic carbocycles. The van der Waals surface area contributed by atoms with E-state index in [1.54, 1.807) is 11.9 Å². The van der Waals surface area contributed by atoms with Gasteiger partial charge in [-0.3, -0.25) is 0 Å². The van der Waals surface area contributed by atoms with Crippen molar-refractivity contribution in [2.45, 2.75) is 13.0 Å². The molecule has 1 rings (SSSR count). The van der Waals surface area contributed by atoms with Gasteiger partial charge in [-0.05, 0) is 5.56 Å². The van der Waals surface area contributed by atoms with Crippen LogP contribution in [-0.4, -0.2) is 29.5 Å². The smallest absolute Gasteiger partial charge is 0.317 e. The van der Waals surface area contributed by atoms with Gasteiger partial charge >= 0.3 is 6.03 Å². The summed E-state index contributed by atoms with van der Waals surface area (Å²) in [4.78, 5) is 13.7. The van der Waals surface area contributed by atoms with E-state index in [1.165, 1.54) is 0 Å².